The van der Waals surface area contributed by atoms with Gasteiger partial charge in [-0.25, -0.2) is 17.6 Å². The summed E-state index contributed by atoms with van der Waals surface area (Å²) >= 11 is 0. The van der Waals surface area contributed by atoms with Gasteiger partial charge >= 0.3 is 0 Å². The van der Waals surface area contributed by atoms with Crippen LogP contribution >= 0.6 is 0 Å². The molecule has 10 heteroatoms. The summed E-state index contributed by atoms with van der Waals surface area (Å²) in [7, 11) is -0.994. The van der Waals surface area contributed by atoms with E-state index in [0.717, 1.165) is 28.1 Å². The smallest absolute Gasteiger partial charge is 0.191 e. The molecule has 212 valence electrons. The van der Waals surface area contributed by atoms with Crippen molar-refractivity contribution in [2.45, 2.75) is 57.0 Å². The van der Waals surface area contributed by atoms with Gasteiger partial charge in [0, 0.05) is 25.0 Å². The summed E-state index contributed by atoms with van der Waals surface area (Å²) in [5.74, 6) is 3.78. The first-order chi connectivity index (χ1) is 19.6. The van der Waals surface area contributed by atoms with Crippen molar-refractivity contribution in [1.29, 1.82) is 0 Å². The van der Waals surface area contributed by atoms with Crippen molar-refractivity contribution >= 4 is 27.4 Å². The number of carbonyl (C=O) groups is 1. The fraction of sp³-hybridized carbons (Fsp3) is 0.323. The van der Waals surface area contributed by atoms with E-state index in [1.165, 1.54) is 12.1 Å². The van der Waals surface area contributed by atoms with E-state index in [1.54, 1.807) is 46.3 Å². The van der Waals surface area contributed by atoms with Crippen LogP contribution in [0.4, 0.5) is 4.39 Å². The van der Waals surface area contributed by atoms with Crippen LogP contribution in [0.15, 0.2) is 71.7 Å². The number of Topliss-reactive ketones (excluding diaryl/α,β-unsaturated/α-hetero) is 1. The molecule has 1 saturated carbocycles. The van der Waals surface area contributed by atoms with Gasteiger partial charge in [0.05, 0.1) is 43.8 Å². The average Bonchev–Trinajstić information content (AvgIpc) is 3.63. The number of aryl methyl sites for hydroxylation is 2. The van der Waals surface area contributed by atoms with Crippen LogP contribution < -0.4 is 0 Å². The lowest BCUT2D eigenvalue weighted by Crippen LogP contribution is -2.49. The second-order valence-corrected chi connectivity index (χ2v) is 13.4. The Hall–Kier alpha value is -3.89. The van der Waals surface area contributed by atoms with Crippen LogP contribution in [0.5, 0.6) is 0 Å². The largest absolute Gasteiger partial charge is 0.291 e. The Balaban J connectivity index is 1.41. The third-order valence-electron chi connectivity index (χ3n) is 8.57. The molecule has 0 N–H and O–H groups in total. The number of benzene rings is 1. The molecule has 1 aromatic carbocycles. The Kier molecular flexibility index (Phi) is 6.78. The molecule has 3 heterocycles. The summed E-state index contributed by atoms with van der Waals surface area (Å²) in [4.78, 5) is 19.5. The topological polar surface area (TPSA) is 85.9 Å². The summed E-state index contributed by atoms with van der Waals surface area (Å²) < 4.78 is 33.1. The number of hydrogen-bond donors (Lipinski definition) is 0. The van der Waals surface area contributed by atoms with E-state index in [9.17, 15) is 13.4 Å². The highest BCUT2D eigenvalue weighted by Crippen LogP contribution is 2.51. The minimum absolute atomic E-state index is 0.0416. The molecule has 8 nitrogen and oxygen atoms in total. The molecule has 0 aliphatic heterocycles. The number of allylic oxidation sites excluding steroid dienone is 1. The highest BCUT2D eigenvalue weighted by molar-refractivity contribution is 7.98. The number of ketones is 1. The van der Waals surface area contributed by atoms with Gasteiger partial charge < -0.3 is 0 Å². The van der Waals surface area contributed by atoms with Gasteiger partial charge in [-0.2, -0.15) is 10.2 Å². The van der Waals surface area contributed by atoms with Crippen LogP contribution in [0, 0.1) is 18.2 Å². The van der Waals surface area contributed by atoms with Gasteiger partial charge in [0.25, 0.3) is 0 Å². The van der Waals surface area contributed by atoms with Crippen LogP contribution in [0.2, 0.25) is 0 Å². The number of halogens is 1. The van der Waals surface area contributed by atoms with Gasteiger partial charge in [-0.1, -0.05) is 5.57 Å². The maximum Gasteiger partial charge on any atom is 0.191 e. The van der Waals surface area contributed by atoms with Crippen LogP contribution in [0.3, 0.4) is 0 Å². The number of pyridine rings is 1. The number of nitrogens with zero attached hydrogens (tertiary/aromatic N) is 6. The molecule has 3 aromatic heterocycles. The summed E-state index contributed by atoms with van der Waals surface area (Å²) in [5, 5.41) is 8.93. The molecule has 1 unspecified atom stereocenters. The van der Waals surface area contributed by atoms with Crippen molar-refractivity contribution in [2.75, 3.05) is 7.05 Å². The SMILES string of the molecule is C=S(=O)(c1cnn(CC)c1)N(C)[C@H]1CCC2=Cc3c(cnn3-c3ccc(F)cc3)C[C@]2(C(=O)c2cc(C)ccn2)C1. The predicted molar refractivity (Wildman–Crippen MR) is 158 cm³/mol. The Bertz CT molecular complexity index is 1770. The zero-order chi connectivity index (χ0) is 28.9. The summed E-state index contributed by atoms with van der Waals surface area (Å²) in [6.07, 6.45) is 11.2. The number of aromatic nitrogens is 5. The standard InChI is InChI=1S/C31H33FN6O2S/c1-5-37-20-27(19-34-37)41(4,40)36(3)26-9-6-23-15-29-22(18-35-38(29)25-10-7-24(32)8-11-25)16-31(23,17-26)30(39)28-14-21(2)12-13-33-28/h7-8,10-15,18-20,26H,4-6,9,16-17H2,1-3H3/t26-,31-,41?/m0/s1. The zero-order valence-corrected chi connectivity index (χ0v) is 24.3. The molecular weight excluding hydrogens is 539 g/mol. The number of rotatable bonds is 7. The van der Waals surface area contributed by atoms with Gasteiger partial charge in [-0.3, -0.25) is 14.5 Å². The lowest BCUT2D eigenvalue weighted by atomic mass is 9.60. The van der Waals surface area contributed by atoms with E-state index < -0.39 is 15.1 Å². The molecule has 41 heavy (non-hydrogen) atoms. The molecule has 1 fully saturated rings. The average molecular weight is 573 g/mol. The molecule has 2 aliphatic rings. The highest BCUT2D eigenvalue weighted by atomic mass is 32.2. The summed E-state index contributed by atoms with van der Waals surface area (Å²) in [5.41, 5.74) is 4.11. The maximum atomic E-state index is 14.5. The first-order valence-electron chi connectivity index (χ1n) is 13.8. The molecule has 6 rings (SSSR count). The molecule has 2 aliphatic carbocycles. The third-order valence-corrected chi connectivity index (χ3v) is 10.7. The van der Waals surface area contributed by atoms with Crippen molar-refractivity contribution < 1.29 is 13.4 Å². The number of fused-ring (bicyclic) bond motifs is 2. The Labute approximate surface area is 239 Å². The zero-order valence-electron chi connectivity index (χ0n) is 23.5. The molecule has 3 atom stereocenters. The minimum atomic E-state index is -2.83. The summed E-state index contributed by atoms with van der Waals surface area (Å²) in [6, 6.07) is 9.77. The molecule has 0 spiro atoms. The van der Waals surface area contributed by atoms with E-state index in [2.05, 4.69) is 27.1 Å². The normalized spacial score (nSPS) is 21.6. The van der Waals surface area contributed by atoms with E-state index in [-0.39, 0.29) is 17.6 Å². The first-order valence-corrected chi connectivity index (χ1v) is 15.4. The van der Waals surface area contributed by atoms with Crippen molar-refractivity contribution in [2.24, 2.45) is 5.41 Å². The second-order valence-electron chi connectivity index (χ2n) is 11.0. The minimum Gasteiger partial charge on any atom is -0.291 e. The van der Waals surface area contributed by atoms with Gasteiger partial charge in [0.1, 0.15) is 11.5 Å². The van der Waals surface area contributed by atoms with Crippen LogP contribution in [-0.2, 0) is 22.7 Å². The van der Waals surface area contributed by atoms with E-state index in [4.69, 9.17) is 0 Å². The van der Waals surface area contributed by atoms with E-state index >= 15 is 0 Å². The second kappa shape index (κ2) is 10.2. The van der Waals surface area contributed by atoms with E-state index in [0.29, 0.717) is 42.8 Å². The Morgan fingerprint density at radius 2 is 2.00 bits per heavy atom. The molecular formula is C31H33FN6O2S. The number of hydrogen-bond acceptors (Lipinski definition) is 5. The molecule has 0 radical (unpaired) electrons. The monoisotopic (exact) mass is 572 g/mol. The molecule has 0 amide bonds. The molecule has 4 aromatic rings. The third kappa shape index (κ3) is 4.64. The molecule has 0 bridgehead atoms. The lowest BCUT2D eigenvalue weighted by Gasteiger charge is -2.46. The fourth-order valence-electron chi connectivity index (χ4n) is 6.18. The Morgan fingerprint density at radius 1 is 1.22 bits per heavy atom. The van der Waals surface area contributed by atoms with Gasteiger partial charge in [-0.15, -0.1) is 0 Å². The summed E-state index contributed by atoms with van der Waals surface area (Å²) in [6.45, 7) is 4.60. The van der Waals surface area contributed by atoms with Crippen LogP contribution in [-0.4, -0.2) is 57.8 Å². The fourth-order valence-corrected chi connectivity index (χ4v) is 7.67. The van der Waals surface area contributed by atoms with Crippen molar-refractivity contribution in [3.63, 3.8) is 0 Å². The van der Waals surface area contributed by atoms with Gasteiger partial charge in [0.2, 0.25) is 0 Å². The van der Waals surface area contributed by atoms with Crippen molar-refractivity contribution in [3.8, 4) is 5.69 Å². The first kappa shape index (κ1) is 27.3. The Morgan fingerprint density at radius 3 is 2.71 bits per heavy atom. The molecule has 0 saturated heterocycles. The van der Waals surface area contributed by atoms with Gasteiger partial charge in [-0.05, 0) is 106 Å². The van der Waals surface area contributed by atoms with Crippen molar-refractivity contribution in [3.05, 3.63) is 95.1 Å². The maximum absolute atomic E-state index is 14.5. The van der Waals surface area contributed by atoms with Crippen LogP contribution in [0.25, 0.3) is 11.8 Å². The van der Waals surface area contributed by atoms with E-state index in [1.807, 2.05) is 37.3 Å². The quantitative estimate of drug-likeness (QED) is 0.232. The lowest BCUT2D eigenvalue weighted by molar-refractivity contribution is 0.0749. The predicted octanol–water partition coefficient (Wildman–Crippen LogP) is 4.91. The highest BCUT2D eigenvalue weighted by Gasteiger charge is 2.50. The number of carbonyl (C=O) groups excluding carboxylic acids is 1. The van der Waals surface area contributed by atoms with Crippen molar-refractivity contribution in [1.82, 2.24) is 28.9 Å². The van der Waals surface area contributed by atoms with Gasteiger partial charge in [0.15, 0.2) is 5.78 Å². The van der Waals surface area contributed by atoms with Crippen LogP contribution in [0.1, 0.15) is 53.5 Å².